The van der Waals surface area contributed by atoms with Gasteiger partial charge in [-0.15, -0.1) is 0 Å². The van der Waals surface area contributed by atoms with E-state index in [4.69, 9.17) is 79.4 Å². The van der Waals surface area contributed by atoms with Gasteiger partial charge in [0, 0.05) is 38.8 Å². The molecule has 9 fully saturated rings. The van der Waals surface area contributed by atoms with Crippen LogP contribution in [0.4, 0.5) is 0 Å². The third-order valence-electron chi connectivity index (χ3n) is 8.63. The second-order valence-corrected chi connectivity index (χ2v) is 60.7. The van der Waals surface area contributed by atoms with Crippen LogP contribution < -0.4 is 0 Å². The summed E-state index contributed by atoms with van der Waals surface area (Å²) >= 11 is 0. The maximum Gasteiger partial charge on any atom is 0.514 e. The molecule has 0 aromatic heterocycles. The summed E-state index contributed by atoms with van der Waals surface area (Å²) in [6.45, 7) is 26.8. The van der Waals surface area contributed by atoms with Gasteiger partial charge in [-0.1, -0.05) is 0 Å². The van der Waals surface area contributed by atoms with E-state index in [9.17, 15) is 0 Å². The number of hydrogen-bond donors (Lipinski definition) is 0. The molecule has 0 amide bonds. The van der Waals surface area contributed by atoms with Crippen LogP contribution in [0.1, 0.15) is 0 Å². The van der Waals surface area contributed by atoms with Crippen LogP contribution in [-0.4, -0.2) is 147 Å². The molecule has 10 bridgehead atoms. The lowest BCUT2D eigenvalue weighted by molar-refractivity contribution is 0.0555. The van der Waals surface area contributed by atoms with Gasteiger partial charge in [0.15, 0.2) is 9.04 Å². The normalized spacial score (nSPS) is 53.8. The molecule has 298 valence electrons. The number of fused-ring (bicyclic) bond motifs is 6. The van der Waals surface area contributed by atoms with E-state index < -0.39 is 122 Å². The first-order chi connectivity index (χ1) is 23.6. The van der Waals surface area contributed by atoms with E-state index in [-0.39, 0.29) is 31.3 Å². The zero-order valence-corrected chi connectivity index (χ0v) is 46.3. The minimum Gasteiger partial charge on any atom is -0.415 e. The molecule has 10 unspecified atom stereocenters. The summed E-state index contributed by atoms with van der Waals surface area (Å²) in [5, 5.41) is 0. The van der Waals surface area contributed by atoms with Gasteiger partial charge in [0.25, 0.3) is 0 Å². The van der Waals surface area contributed by atoms with E-state index in [0.29, 0.717) is 0 Å². The van der Waals surface area contributed by atoms with Crippen molar-refractivity contribution in [3.8, 4) is 0 Å². The van der Waals surface area contributed by atoms with Gasteiger partial charge in [0.1, 0.15) is 6.23 Å². The minimum absolute atomic E-state index is 0.0414. The standard InChI is InChI=1S/C19H52O19Si14/c1-39(2)24-51-19-23-46(11)33-50-16-15-20-41(4,5)27-43(8)17-21-42(6,7)28-49(14,26-40(3)25-43)52(37-46)30-44(9,29-50)18-22-45(10,31-47(12,34-50)35-51)32-48(13,36-51)38-52/h15-19H2,1-14H3. The third-order valence-corrected chi connectivity index (χ3v) is 67.7. The Balaban J connectivity index is 1.56. The van der Waals surface area contributed by atoms with Gasteiger partial charge in [0.2, 0.25) is 0 Å². The average molecular weight is 978 g/mol. The van der Waals surface area contributed by atoms with Crippen molar-refractivity contribution in [2.75, 3.05) is 25.3 Å². The molecule has 9 aliphatic heterocycles. The summed E-state index contributed by atoms with van der Waals surface area (Å²) < 4.78 is 134. The maximum atomic E-state index is 7.49. The van der Waals surface area contributed by atoms with Gasteiger partial charge in [-0.2, -0.15) is 0 Å². The third kappa shape index (κ3) is 8.48. The van der Waals surface area contributed by atoms with Crippen molar-refractivity contribution in [1.29, 1.82) is 0 Å². The molecular weight excluding hydrogens is 925 g/mol. The summed E-state index contributed by atoms with van der Waals surface area (Å²) in [6, 6.07) is 0.164. The van der Waals surface area contributed by atoms with Crippen LogP contribution in [0.5, 0.6) is 0 Å². The fraction of sp³-hybridized carbons (Fsp3) is 1.00. The van der Waals surface area contributed by atoms with Gasteiger partial charge in [0.05, 0.1) is 12.5 Å². The van der Waals surface area contributed by atoms with E-state index in [1.807, 2.05) is 65.5 Å². The Morgan fingerprint density at radius 3 is 1.73 bits per heavy atom. The van der Waals surface area contributed by atoms with Crippen LogP contribution in [0.15, 0.2) is 0 Å². The van der Waals surface area contributed by atoms with Crippen LogP contribution in [0.3, 0.4) is 0 Å². The fourth-order valence-electron chi connectivity index (χ4n) is 7.37. The highest BCUT2D eigenvalue weighted by Gasteiger charge is 2.82. The number of hydrogen-bond acceptors (Lipinski definition) is 19. The molecule has 9 saturated heterocycles. The predicted octanol–water partition coefficient (Wildman–Crippen LogP) is 2.17. The van der Waals surface area contributed by atoms with Crippen molar-refractivity contribution in [1.82, 2.24) is 0 Å². The highest BCUT2D eigenvalue weighted by molar-refractivity contribution is 7.35. The first kappa shape index (κ1) is 42.4. The molecule has 19 nitrogen and oxygen atoms in total. The SMILES string of the molecule is C[Si](C)O[Si]12CO[Si]3(C)O[Si]45CCO[Si](C)(C)O[Si]6(C)CO[Si](C)(C)O[Si](C)(O[Si](C)O6)[Si]6(O[Si](C)(CO[Si](C)(O[Si](C)(O1)O4)O[Si](C)(O2)O6)O5)O3. The van der Waals surface area contributed by atoms with Crippen LogP contribution in [0.2, 0.25) is 97.7 Å². The topological polar surface area (TPSA) is 175 Å². The van der Waals surface area contributed by atoms with Crippen LogP contribution in [0.25, 0.3) is 0 Å². The molecule has 33 heteroatoms. The van der Waals surface area contributed by atoms with E-state index in [2.05, 4.69) is 0 Å². The number of rotatable bonds is 2. The molecule has 9 aliphatic rings. The van der Waals surface area contributed by atoms with Crippen molar-refractivity contribution in [3.05, 3.63) is 0 Å². The molecule has 0 N–H and O–H groups in total. The minimum atomic E-state index is -4.53. The second kappa shape index (κ2) is 13.4. The van der Waals surface area contributed by atoms with Gasteiger partial charge in [-0.25, -0.2) is 0 Å². The smallest absolute Gasteiger partial charge is 0.415 e. The van der Waals surface area contributed by atoms with Crippen LogP contribution in [-0.2, 0) is 79.4 Å². The van der Waals surface area contributed by atoms with Crippen molar-refractivity contribution >= 4 is 122 Å². The Kier molecular flexibility index (Phi) is 10.9. The molecule has 10 atom stereocenters. The average Bonchev–Trinajstić information content (AvgIpc) is 3.01. The molecule has 0 aromatic rings. The highest BCUT2D eigenvalue weighted by Crippen LogP contribution is 2.49. The van der Waals surface area contributed by atoms with Gasteiger partial charge < -0.3 is 79.4 Å². The first-order valence-electron chi connectivity index (χ1n) is 17.3. The van der Waals surface area contributed by atoms with E-state index >= 15 is 0 Å². The first-order valence-corrected chi connectivity index (χ1v) is 50.0. The molecule has 0 aromatic carbocycles. The molecular formula is C19H52O19Si14. The lowest BCUT2D eigenvalue weighted by Gasteiger charge is -2.54. The van der Waals surface area contributed by atoms with Gasteiger partial charge >= 0.3 is 113 Å². The zero-order chi connectivity index (χ0) is 38.1. The largest absolute Gasteiger partial charge is 0.514 e. The molecule has 9 heterocycles. The maximum absolute atomic E-state index is 7.49. The van der Waals surface area contributed by atoms with Gasteiger partial charge in [-0.3, -0.25) is 0 Å². The molecule has 0 saturated carbocycles. The molecule has 2 spiro atoms. The second-order valence-electron chi connectivity index (χ2n) is 15.8. The van der Waals surface area contributed by atoms with Crippen molar-refractivity contribution < 1.29 is 79.4 Å². The van der Waals surface area contributed by atoms with Crippen molar-refractivity contribution in [2.24, 2.45) is 0 Å². The van der Waals surface area contributed by atoms with Crippen LogP contribution >= 0.6 is 0 Å². The fourth-order valence-corrected chi connectivity index (χ4v) is 88.0. The Bertz CT molecular complexity index is 1430. The lowest BCUT2D eigenvalue weighted by Crippen LogP contribution is -2.84. The Labute approximate surface area is 322 Å². The van der Waals surface area contributed by atoms with Crippen molar-refractivity contribution in [2.45, 2.75) is 97.7 Å². The molecule has 9 rings (SSSR count). The van der Waals surface area contributed by atoms with Gasteiger partial charge in [-0.05, 0) is 65.5 Å². The lowest BCUT2D eigenvalue weighted by atomic mass is 10.9. The quantitative estimate of drug-likeness (QED) is 0.368. The Hall–Kier alpha value is 2.28. The molecule has 52 heavy (non-hydrogen) atoms. The van der Waals surface area contributed by atoms with Crippen LogP contribution in [0, 0.1) is 0 Å². The Morgan fingerprint density at radius 1 is 0.500 bits per heavy atom. The predicted molar refractivity (Wildman–Crippen MR) is 208 cm³/mol. The Morgan fingerprint density at radius 2 is 1.06 bits per heavy atom. The van der Waals surface area contributed by atoms with Crippen molar-refractivity contribution in [3.63, 3.8) is 0 Å². The summed E-state index contributed by atoms with van der Waals surface area (Å²) in [4.78, 5) is 0. The van der Waals surface area contributed by atoms with E-state index in [1.54, 1.807) is 26.2 Å². The summed E-state index contributed by atoms with van der Waals surface area (Å²) in [5.74, 6) is 0. The summed E-state index contributed by atoms with van der Waals surface area (Å²) in [5.41, 5.74) is 0. The molecule has 2 radical (unpaired) electrons. The molecule has 0 aliphatic carbocycles. The monoisotopic (exact) mass is 976 g/mol. The van der Waals surface area contributed by atoms with E-state index in [1.165, 1.54) is 0 Å². The summed E-state index contributed by atoms with van der Waals surface area (Å²) in [6.07, 6.45) is 0.0243. The summed E-state index contributed by atoms with van der Waals surface area (Å²) in [7, 11) is -48.9. The highest BCUT2D eigenvalue weighted by atomic mass is 29.3. The zero-order valence-electron chi connectivity index (χ0n) is 32.3. The van der Waals surface area contributed by atoms with E-state index in [0.717, 1.165) is 0 Å².